The number of carbonyl (C=O) groups is 1. The summed E-state index contributed by atoms with van der Waals surface area (Å²) in [6.07, 6.45) is 5.18. The van der Waals surface area contributed by atoms with E-state index in [0.29, 0.717) is 34.4 Å². The zero-order chi connectivity index (χ0) is 19.1. The molecule has 2 unspecified atom stereocenters. The molecule has 0 saturated heterocycles. The lowest BCUT2D eigenvalue weighted by Crippen LogP contribution is -2.37. The first kappa shape index (κ1) is 18.2. The van der Waals surface area contributed by atoms with Crippen molar-refractivity contribution >= 4 is 23.1 Å². The van der Waals surface area contributed by atoms with Crippen LogP contribution in [0.3, 0.4) is 0 Å². The van der Waals surface area contributed by atoms with Crippen LogP contribution < -0.4 is 5.32 Å². The summed E-state index contributed by atoms with van der Waals surface area (Å²) < 4.78 is 2.00. The molecule has 5 nitrogen and oxygen atoms in total. The molecular weight excluding hydrogens is 360 g/mol. The fourth-order valence-corrected chi connectivity index (χ4v) is 4.78. The quantitative estimate of drug-likeness (QED) is 0.804. The second-order valence-electron chi connectivity index (χ2n) is 7.89. The van der Waals surface area contributed by atoms with Crippen molar-refractivity contribution in [2.75, 3.05) is 0 Å². The maximum Gasteiger partial charge on any atom is 0.251 e. The van der Waals surface area contributed by atoms with Crippen LogP contribution >= 0.6 is 11.6 Å². The smallest absolute Gasteiger partial charge is 0.251 e. The van der Waals surface area contributed by atoms with Crippen molar-refractivity contribution in [2.24, 2.45) is 17.8 Å². The Morgan fingerprint density at radius 2 is 2.00 bits per heavy atom. The molecule has 1 N–H and O–H groups in total. The number of fused-ring (bicyclic) bond motifs is 1. The minimum absolute atomic E-state index is 0.0117. The maximum absolute atomic E-state index is 12.5. The summed E-state index contributed by atoms with van der Waals surface area (Å²) in [5.41, 5.74) is 2.48. The normalized spacial score (nSPS) is 27.1. The van der Waals surface area contributed by atoms with E-state index in [0.717, 1.165) is 30.5 Å². The highest BCUT2D eigenvalue weighted by Crippen LogP contribution is 2.62. The van der Waals surface area contributed by atoms with Crippen molar-refractivity contribution in [3.8, 4) is 0 Å². The minimum atomic E-state index is -0.0117. The number of aromatic nitrogens is 3. The molecule has 1 amide bonds. The van der Waals surface area contributed by atoms with Crippen LogP contribution in [0.15, 0.2) is 37.0 Å². The number of benzene rings is 1. The van der Waals surface area contributed by atoms with E-state index in [1.54, 1.807) is 24.3 Å². The van der Waals surface area contributed by atoms with E-state index in [9.17, 15) is 4.79 Å². The van der Waals surface area contributed by atoms with E-state index in [1.807, 2.05) is 17.8 Å². The van der Waals surface area contributed by atoms with Crippen LogP contribution in [0.25, 0.3) is 5.57 Å². The van der Waals surface area contributed by atoms with Crippen LogP contribution in [0.1, 0.15) is 55.2 Å². The number of allylic oxidation sites excluding steroid dienone is 1. The second kappa shape index (κ2) is 7.12. The van der Waals surface area contributed by atoms with Gasteiger partial charge in [-0.05, 0) is 73.8 Å². The van der Waals surface area contributed by atoms with Gasteiger partial charge in [-0.1, -0.05) is 30.3 Å². The molecule has 5 atom stereocenters. The predicted octanol–water partition coefficient (Wildman–Crippen LogP) is 4.37. The molecule has 0 aliphatic heterocycles. The third-order valence-corrected chi connectivity index (χ3v) is 6.39. The van der Waals surface area contributed by atoms with Gasteiger partial charge in [0.2, 0.25) is 0 Å². The number of amides is 1. The molecule has 0 bridgehead atoms. The Bertz CT molecular complexity index is 847. The largest absolute Gasteiger partial charge is 0.349 e. The van der Waals surface area contributed by atoms with Crippen LogP contribution in [0.5, 0.6) is 0 Å². The first-order chi connectivity index (χ1) is 13.0. The van der Waals surface area contributed by atoms with Crippen LogP contribution in [-0.4, -0.2) is 26.9 Å². The van der Waals surface area contributed by atoms with Crippen LogP contribution in [-0.2, 0) is 0 Å². The van der Waals surface area contributed by atoms with Gasteiger partial charge in [0.1, 0.15) is 5.69 Å². The van der Waals surface area contributed by atoms with Crippen molar-refractivity contribution in [1.82, 2.24) is 20.3 Å². The molecule has 2 aliphatic carbocycles. The van der Waals surface area contributed by atoms with E-state index in [4.69, 9.17) is 11.6 Å². The third-order valence-electron chi connectivity index (χ3n) is 6.14. The topological polar surface area (TPSA) is 59.8 Å². The molecule has 2 fully saturated rings. The van der Waals surface area contributed by atoms with Gasteiger partial charge < -0.3 is 5.32 Å². The van der Waals surface area contributed by atoms with Crippen molar-refractivity contribution in [3.63, 3.8) is 0 Å². The Morgan fingerprint density at radius 1 is 1.33 bits per heavy atom. The summed E-state index contributed by atoms with van der Waals surface area (Å²) in [7, 11) is 0. The highest BCUT2D eigenvalue weighted by atomic mass is 35.5. The third kappa shape index (κ3) is 3.53. The van der Waals surface area contributed by atoms with Crippen molar-refractivity contribution in [1.29, 1.82) is 0 Å². The maximum atomic E-state index is 12.5. The summed E-state index contributed by atoms with van der Waals surface area (Å²) in [5.74, 6) is 1.90. The summed E-state index contributed by atoms with van der Waals surface area (Å²) in [5, 5.41) is 12.4. The van der Waals surface area contributed by atoms with Gasteiger partial charge in [-0.3, -0.25) is 4.79 Å². The molecule has 0 radical (unpaired) electrons. The number of hydrogen-bond acceptors (Lipinski definition) is 3. The predicted molar refractivity (Wildman–Crippen MR) is 106 cm³/mol. The van der Waals surface area contributed by atoms with Gasteiger partial charge in [-0.15, -0.1) is 5.10 Å². The first-order valence-electron chi connectivity index (χ1n) is 9.62. The second-order valence-corrected chi connectivity index (χ2v) is 8.33. The SMILES string of the molecule is C=C(C)c1cn([C@@H]2CC3[C@H](C(CC)NC(=O)c4ccc(Cl)cc4)[C@H]3C2)nn1. The molecule has 1 heterocycles. The van der Waals surface area contributed by atoms with E-state index < -0.39 is 0 Å². The van der Waals surface area contributed by atoms with Crippen LogP contribution in [0.2, 0.25) is 5.02 Å². The molecule has 1 aromatic heterocycles. The average molecular weight is 385 g/mol. The highest BCUT2D eigenvalue weighted by Gasteiger charge is 2.59. The van der Waals surface area contributed by atoms with Gasteiger partial charge in [0.25, 0.3) is 5.91 Å². The summed E-state index contributed by atoms with van der Waals surface area (Å²) >= 11 is 5.91. The van der Waals surface area contributed by atoms with Crippen LogP contribution in [0.4, 0.5) is 0 Å². The number of rotatable bonds is 6. The Balaban J connectivity index is 1.36. The Kier molecular flexibility index (Phi) is 4.81. The fraction of sp³-hybridized carbons (Fsp3) is 0.476. The zero-order valence-corrected chi connectivity index (χ0v) is 16.5. The molecule has 142 valence electrons. The van der Waals surface area contributed by atoms with Gasteiger partial charge >= 0.3 is 0 Å². The van der Waals surface area contributed by atoms with Crippen LogP contribution in [0, 0.1) is 17.8 Å². The molecular formula is C21H25ClN4O. The lowest BCUT2D eigenvalue weighted by Gasteiger charge is -2.21. The van der Waals surface area contributed by atoms with Gasteiger partial charge in [0.05, 0.1) is 12.2 Å². The Morgan fingerprint density at radius 3 is 2.56 bits per heavy atom. The van der Waals surface area contributed by atoms with E-state index in [2.05, 4.69) is 29.1 Å². The standard InChI is InChI=1S/C21H25ClN4O/c1-4-18(23-21(27)13-5-7-14(22)8-6-13)20-16-9-15(10-17(16)20)26-11-19(12(2)3)24-25-26/h5-8,11,15-18,20H,2,4,9-10H2,1,3H3,(H,23,27)/t15-,16-,17?,18?,20+/m0/s1. The first-order valence-corrected chi connectivity index (χ1v) is 10.00. The number of nitrogens with one attached hydrogen (secondary N) is 1. The molecule has 2 aliphatic rings. The molecule has 27 heavy (non-hydrogen) atoms. The Labute approximate surface area is 164 Å². The summed E-state index contributed by atoms with van der Waals surface area (Å²) in [6.45, 7) is 8.03. The van der Waals surface area contributed by atoms with Gasteiger partial charge in [-0.2, -0.15) is 0 Å². The van der Waals surface area contributed by atoms with Crippen molar-refractivity contribution in [2.45, 2.75) is 45.2 Å². The minimum Gasteiger partial charge on any atom is -0.349 e. The Hall–Kier alpha value is -2.14. The molecule has 6 heteroatoms. The molecule has 2 aromatic rings. The molecule has 2 saturated carbocycles. The lowest BCUT2D eigenvalue weighted by molar-refractivity contribution is 0.0926. The summed E-state index contributed by atoms with van der Waals surface area (Å²) in [6, 6.07) is 7.71. The van der Waals surface area contributed by atoms with E-state index in [-0.39, 0.29) is 11.9 Å². The average Bonchev–Trinajstić information content (AvgIpc) is 3.05. The lowest BCUT2D eigenvalue weighted by atomic mass is 9.99. The molecule has 4 rings (SSSR count). The highest BCUT2D eigenvalue weighted by molar-refractivity contribution is 6.30. The monoisotopic (exact) mass is 384 g/mol. The van der Waals surface area contributed by atoms with Gasteiger partial charge in [0.15, 0.2) is 0 Å². The number of nitrogens with zero attached hydrogens (tertiary/aromatic N) is 3. The number of hydrogen-bond donors (Lipinski definition) is 1. The van der Waals surface area contributed by atoms with Crippen molar-refractivity contribution < 1.29 is 4.79 Å². The fourth-order valence-electron chi connectivity index (χ4n) is 4.65. The molecule has 1 aromatic carbocycles. The number of carbonyl (C=O) groups excluding carboxylic acids is 1. The zero-order valence-electron chi connectivity index (χ0n) is 15.7. The van der Waals surface area contributed by atoms with Gasteiger partial charge in [-0.25, -0.2) is 4.68 Å². The van der Waals surface area contributed by atoms with E-state index in [1.165, 1.54) is 0 Å². The van der Waals surface area contributed by atoms with Crippen molar-refractivity contribution in [3.05, 3.63) is 53.3 Å². The summed E-state index contributed by atoms with van der Waals surface area (Å²) in [4.78, 5) is 12.5. The number of halogens is 1. The molecule has 0 spiro atoms. The van der Waals surface area contributed by atoms with Gasteiger partial charge in [0, 0.05) is 16.6 Å². The van der Waals surface area contributed by atoms with E-state index >= 15 is 0 Å².